The lowest BCUT2D eigenvalue weighted by molar-refractivity contribution is -0.111. The van der Waals surface area contributed by atoms with E-state index in [-0.39, 0.29) is 5.91 Å². The normalized spacial score (nSPS) is 10.6. The Labute approximate surface area is 114 Å². The molecular formula is C12H12N4O2S. The van der Waals surface area contributed by atoms with Crippen molar-refractivity contribution >= 4 is 28.5 Å². The lowest BCUT2D eigenvalue weighted by Gasteiger charge is -1.99. The molecule has 1 amide bonds. The van der Waals surface area contributed by atoms with Crippen LogP contribution in [-0.2, 0) is 4.79 Å². The van der Waals surface area contributed by atoms with Gasteiger partial charge in [0.2, 0.25) is 5.91 Å². The number of nitrogens with one attached hydrogen (secondary N) is 1. The van der Waals surface area contributed by atoms with Crippen LogP contribution in [0, 0.1) is 0 Å². The standard InChI is InChI=1S/C12H12N4O2S/c1-2-18-11-14-7-9(8-15-11)3-4-10(17)16-12-13-5-6-19-12/h3-8H,2H2,1H3,(H,13,16,17)/b4-3+. The minimum Gasteiger partial charge on any atom is -0.464 e. The lowest BCUT2D eigenvalue weighted by atomic mass is 10.3. The van der Waals surface area contributed by atoms with Gasteiger partial charge in [-0.05, 0) is 13.0 Å². The van der Waals surface area contributed by atoms with Crippen LogP contribution in [-0.4, -0.2) is 27.5 Å². The Morgan fingerprint density at radius 1 is 1.42 bits per heavy atom. The number of aromatic nitrogens is 3. The maximum Gasteiger partial charge on any atom is 0.316 e. The molecule has 0 saturated carbocycles. The Hall–Kier alpha value is -2.28. The molecule has 98 valence electrons. The van der Waals surface area contributed by atoms with Crippen LogP contribution in [0.2, 0.25) is 0 Å². The molecule has 2 aromatic rings. The van der Waals surface area contributed by atoms with Gasteiger partial charge in [0.15, 0.2) is 5.13 Å². The van der Waals surface area contributed by atoms with E-state index in [9.17, 15) is 4.79 Å². The summed E-state index contributed by atoms with van der Waals surface area (Å²) in [6.07, 6.45) is 7.83. The molecule has 0 aliphatic rings. The summed E-state index contributed by atoms with van der Waals surface area (Å²) in [7, 11) is 0. The fourth-order valence-electron chi connectivity index (χ4n) is 1.22. The van der Waals surface area contributed by atoms with Crippen molar-refractivity contribution < 1.29 is 9.53 Å². The van der Waals surface area contributed by atoms with Crippen LogP contribution >= 0.6 is 11.3 Å². The average molecular weight is 276 g/mol. The number of anilines is 1. The van der Waals surface area contributed by atoms with E-state index in [4.69, 9.17) is 4.74 Å². The average Bonchev–Trinajstić information content (AvgIpc) is 2.91. The summed E-state index contributed by atoms with van der Waals surface area (Å²) in [5, 5.41) is 5.00. The molecule has 7 heteroatoms. The number of hydrogen-bond donors (Lipinski definition) is 1. The van der Waals surface area contributed by atoms with E-state index >= 15 is 0 Å². The third-order valence-corrected chi connectivity index (χ3v) is 2.70. The summed E-state index contributed by atoms with van der Waals surface area (Å²) in [6, 6.07) is 0.326. The summed E-state index contributed by atoms with van der Waals surface area (Å²) < 4.78 is 5.12. The highest BCUT2D eigenvalue weighted by molar-refractivity contribution is 7.13. The molecule has 0 atom stereocenters. The molecule has 0 fully saturated rings. The number of carbonyl (C=O) groups is 1. The second kappa shape index (κ2) is 6.60. The van der Waals surface area contributed by atoms with Crippen molar-refractivity contribution in [2.24, 2.45) is 0 Å². The Balaban J connectivity index is 1.92. The summed E-state index contributed by atoms with van der Waals surface area (Å²) in [6.45, 7) is 2.38. The van der Waals surface area contributed by atoms with Gasteiger partial charge in [-0.1, -0.05) is 0 Å². The van der Waals surface area contributed by atoms with Gasteiger partial charge in [-0.15, -0.1) is 11.3 Å². The van der Waals surface area contributed by atoms with Gasteiger partial charge in [0.1, 0.15) is 0 Å². The van der Waals surface area contributed by atoms with Crippen molar-refractivity contribution in [3.8, 4) is 6.01 Å². The largest absolute Gasteiger partial charge is 0.464 e. The van der Waals surface area contributed by atoms with Crippen molar-refractivity contribution in [1.29, 1.82) is 0 Å². The molecule has 0 spiro atoms. The number of amides is 1. The molecule has 2 rings (SSSR count). The second-order valence-electron chi connectivity index (χ2n) is 3.39. The van der Waals surface area contributed by atoms with E-state index in [0.29, 0.717) is 17.7 Å². The topological polar surface area (TPSA) is 77.0 Å². The zero-order chi connectivity index (χ0) is 13.5. The van der Waals surface area contributed by atoms with Gasteiger partial charge in [0.25, 0.3) is 0 Å². The van der Waals surface area contributed by atoms with E-state index in [0.717, 1.165) is 5.56 Å². The summed E-state index contributed by atoms with van der Waals surface area (Å²) in [5.74, 6) is -0.246. The Morgan fingerprint density at radius 2 is 2.21 bits per heavy atom. The molecule has 0 aromatic carbocycles. The molecule has 2 aromatic heterocycles. The monoisotopic (exact) mass is 276 g/mol. The van der Waals surface area contributed by atoms with Crippen LogP contribution in [0.3, 0.4) is 0 Å². The van der Waals surface area contributed by atoms with Crippen LogP contribution in [0.25, 0.3) is 6.08 Å². The van der Waals surface area contributed by atoms with Crippen LogP contribution < -0.4 is 10.1 Å². The van der Waals surface area contributed by atoms with Gasteiger partial charge < -0.3 is 4.74 Å². The molecule has 0 unspecified atom stereocenters. The molecule has 1 N–H and O–H groups in total. The number of ether oxygens (including phenoxy) is 1. The fraction of sp³-hybridized carbons (Fsp3) is 0.167. The summed E-state index contributed by atoms with van der Waals surface area (Å²) >= 11 is 1.36. The zero-order valence-corrected chi connectivity index (χ0v) is 11.1. The Kier molecular flexibility index (Phi) is 4.57. The lowest BCUT2D eigenvalue weighted by Crippen LogP contribution is -2.07. The van der Waals surface area contributed by atoms with Gasteiger partial charge >= 0.3 is 6.01 Å². The van der Waals surface area contributed by atoms with Crippen molar-refractivity contribution in [1.82, 2.24) is 15.0 Å². The molecule has 0 saturated heterocycles. The smallest absolute Gasteiger partial charge is 0.316 e. The highest BCUT2D eigenvalue weighted by atomic mass is 32.1. The highest BCUT2D eigenvalue weighted by Crippen LogP contribution is 2.10. The van der Waals surface area contributed by atoms with Gasteiger partial charge in [0, 0.05) is 35.6 Å². The zero-order valence-electron chi connectivity index (χ0n) is 10.2. The minimum absolute atomic E-state index is 0.246. The molecular weight excluding hydrogens is 264 g/mol. The van der Waals surface area contributed by atoms with E-state index in [1.165, 1.54) is 17.4 Å². The van der Waals surface area contributed by atoms with Crippen molar-refractivity contribution in [3.05, 3.63) is 35.6 Å². The predicted octanol–water partition coefficient (Wildman–Crippen LogP) is 1.98. The first-order valence-corrected chi connectivity index (χ1v) is 6.49. The number of nitrogens with zero attached hydrogens (tertiary/aromatic N) is 3. The number of rotatable bonds is 5. The van der Waals surface area contributed by atoms with Gasteiger partial charge in [0.05, 0.1) is 6.61 Å². The highest BCUT2D eigenvalue weighted by Gasteiger charge is 2.00. The predicted molar refractivity (Wildman–Crippen MR) is 73.0 cm³/mol. The van der Waals surface area contributed by atoms with Crippen molar-refractivity contribution in [2.75, 3.05) is 11.9 Å². The SMILES string of the molecule is CCOc1ncc(/C=C/C(=O)Nc2nccs2)cn1. The van der Waals surface area contributed by atoms with Crippen LogP contribution in [0.1, 0.15) is 12.5 Å². The molecule has 6 nitrogen and oxygen atoms in total. The molecule has 0 bridgehead atoms. The third kappa shape index (κ3) is 4.14. The fourth-order valence-corrected chi connectivity index (χ4v) is 1.75. The quantitative estimate of drug-likeness (QED) is 0.845. The van der Waals surface area contributed by atoms with Gasteiger partial charge in [-0.2, -0.15) is 0 Å². The van der Waals surface area contributed by atoms with E-state index in [1.807, 2.05) is 6.92 Å². The second-order valence-corrected chi connectivity index (χ2v) is 4.29. The number of carbonyl (C=O) groups excluding carboxylic acids is 1. The van der Waals surface area contributed by atoms with Gasteiger partial charge in [-0.25, -0.2) is 15.0 Å². The van der Waals surface area contributed by atoms with Crippen LogP contribution in [0.15, 0.2) is 30.0 Å². The molecule has 0 aliphatic carbocycles. The molecule has 0 aliphatic heterocycles. The maximum absolute atomic E-state index is 11.6. The van der Waals surface area contributed by atoms with Crippen molar-refractivity contribution in [2.45, 2.75) is 6.92 Å². The Bertz CT molecular complexity index is 552. The number of hydrogen-bond acceptors (Lipinski definition) is 6. The van der Waals surface area contributed by atoms with Crippen molar-refractivity contribution in [3.63, 3.8) is 0 Å². The first-order valence-electron chi connectivity index (χ1n) is 5.61. The van der Waals surface area contributed by atoms with E-state index in [1.54, 1.807) is 30.0 Å². The Morgan fingerprint density at radius 3 is 2.84 bits per heavy atom. The van der Waals surface area contributed by atoms with Crippen LogP contribution in [0.5, 0.6) is 6.01 Å². The molecule has 0 radical (unpaired) electrons. The van der Waals surface area contributed by atoms with Gasteiger partial charge in [-0.3, -0.25) is 10.1 Å². The maximum atomic E-state index is 11.6. The first kappa shape index (κ1) is 13.2. The van der Waals surface area contributed by atoms with Crippen LogP contribution in [0.4, 0.5) is 5.13 Å². The third-order valence-electron chi connectivity index (χ3n) is 2.01. The summed E-state index contributed by atoms with van der Waals surface area (Å²) in [5.41, 5.74) is 0.720. The van der Waals surface area contributed by atoms with E-state index < -0.39 is 0 Å². The minimum atomic E-state index is -0.246. The summed E-state index contributed by atoms with van der Waals surface area (Å²) in [4.78, 5) is 23.5. The first-order chi connectivity index (χ1) is 9.28. The molecule has 19 heavy (non-hydrogen) atoms. The van der Waals surface area contributed by atoms with E-state index in [2.05, 4.69) is 20.3 Å². The number of thiazole rings is 1. The molecule has 2 heterocycles.